The van der Waals surface area contributed by atoms with Gasteiger partial charge in [-0.15, -0.1) is 0 Å². The predicted molar refractivity (Wildman–Crippen MR) is 102 cm³/mol. The van der Waals surface area contributed by atoms with Gasteiger partial charge in [-0.3, -0.25) is 9.59 Å². The van der Waals surface area contributed by atoms with Gasteiger partial charge in [0.1, 0.15) is 0 Å². The first-order valence-corrected chi connectivity index (χ1v) is 8.89. The summed E-state index contributed by atoms with van der Waals surface area (Å²) < 4.78 is 0. The molecular weight excluding hydrogens is 312 g/mol. The van der Waals surface area contributed by atoms with Crippen molar-refractivity contribution >= 4 is 22.6 Å². The highest BCUT2D eigenvalue weighted by Gasteiger charge is 2.20. The van der Waals surface area contributed by atoms with Crippen LogP contribution in [-0.2, 0) is 16.0 Å². The van der Waals surface area contributed by atoms with Crippen molar-refractivity contribution in [2.75, 3.05) is 13.1 Å². The minimum atomic E-state index is -0.387. The highest BCUT2D eigenvalue weighted by molar-refractivity contribution is 5.83. The summed E-state index contributed by atoms with van der Waals surface area (Å²) in [6.45, 7) is 6.80. The zero-order valence-electron chi connectivity index (χ0n) is 15.4. The van der Waals surface area contributed by atoms with Gasteiger partial charge in [-0.2, -0.15) is 0 Å². The molecular formula is C21H28N2O2. The standard InChI is InChI=1S/C21H28N2O2/c1-21(2,3)20(25)23-13-6-9-19(24)22-14-12-16-10-11-17-7-4-5-8-18(17)15-16/h4-5,7-8,10-11,15H,6,9,12-14H2,1-3H3,(H,22,24)(H,23,25). The van der Waals surface area contributed by atoms with Crippen molar-refractivity contribution in [1.29, 1.82) is 0 Å². The Balaban J connectivity index is 1.65. The lowest BCUT2D eigenvalue weighted by atomic mass is 9.96. The van der Waals surface area contributed by atoms with Gasteiger partial charge in [-0.1, -0.05) is 63.2 Å². The van der Waals surface area contributed by atoms with Crippen LogP contribution in [0.5, 0.6) is 0 Å². The van der Waals surface area contributed by atoms with Crippen LogP contribution in [0.2, 0.25) is 0 Å². The number of fused-ring (bicyclic) bond motifs is 1. The Morgan fingerprint density at radius 1 is 0.920 bits per heavy atom. The summed E-state index contributed by atoms with van der Waals surface area (Å²) in [4.78, 5) is 23.6. The minimum Gasteiger partial charge on any atom is -0.356 e. The van der Waals surface area contributed by atoms with Crippen molar-refractivity contribution in [3.63, 3.8) is 0 Å². The molecule has 2 N–H and O–H groups in total. The first-order chi connectivity index (χ1) is 11.9. The normalized spacial score (nSPS) is 11.3. The fraction of sp³-hybridized carbons (Fsp3) is 0.429. The molecule has 0 aliphatic carbocycles. The molecule has 4 nitrogen and oxygen atoms in total. The van der Waals surface area contributed by atoms with Gasteiger partial charge in [0.25, 0.3) is 0 Å². The number of rotatable bonds is 7. The van der Waals surface area contributed by atoms with Crippen LogP contribution in [0.3, 0.4) is 0 Å². The van der Waals surface area contributed by atoms with Crippen LogP contribution < -0.4 is 10.6 Å². The van der Waals surface area contributed by atoms with E-state index in [9.17, 15) is 9.59 Å². The Bertz CT molecular complexity index is 732. The number of benzene rings is 2. The lowest BCUT2D eigenvalue weighted by Crippen LogP contribution is -2.35. The Kier molecular flexibility index (Phi) is 6.57. The first kappa shape index (κ1) is 19.0. The first-order valence-electron chi connectivity index (χ1n) is 8.89. The van der Waals surface area contributed by atoms with E-state index in [0.29, 0.717) is 25.9 Å². The Hall–Kier alpha value is -2.36. The van der Waals surface area contributed by atoms with Crippen LogP contribution in [0.15, 0.2) is 42.5 Å². The second-order valence-corrected chi connectivity index (χ2v) is 7.39. The number of nitrogens with one attached hydrogen (secondary N) is 2. The lowest BCUT2D eigenvalue weighted by Gasteiger charge is -2.17. The quantitative estimate of drug-likeness (QED) is 0.759. The van der Waals surface area contributed by atoms with Gasteiger partial charge < -0.3 is 10.6 Å². The second kappa shape index (κ2) is 8.65. The van der Waals surface area contributed by atoms with Crippen LogP contribution in [0.25, 0.3) is 10.8 Å². The number of hydrogen-bond acceptors (Lipinski definition) is 2. The molecule has 0 radical (unpaired) electrons. The highest BCUT2D eigenvalue weighted by atomic mass is 16.2. The molecule has 0 fully saturated rings. The van der Waals surface area contributed by atoms with Crippen LogP contribution in [0, 0.1) is 5.41 Å². The molecule has 0 atom stereocenters. The average Bonchev–Trinajstić information content (AvgIpc) is 2.57. The van der Waals surface area contributed by atoms with E-state index < -0.39 is 0 Å². The van der Waals surface area contributed by atoms with E-state index in [0.717, 1.165) is 6.42 Å². The van der Waals surface area contributed by atoms with Gasteiger partial charge in [0, 0.05) is 24.9 Å². The van der Waals surface area contributed by atoms with E-state index >= 15 is 0 Å². The highest BCUT2D eigenvalue weighted by Crippen LogP contribution is 2.15. The molecule has 0 heterocycles. The Morgan fingerprint density at radius 3 is 2.36 bits per heavy atom. The number of carbonyl (C=O) groups is 2. The zero-order chi connectivity index (χ0) is 18.3. The number of carbonyl (C=O) groups excluding carboxylic acids is 2. The molecule has 0 bridgehead atoms. The molecule has 4 heteroatoms. The molecule has 25 heavy (non-hydrogen) atoms. The molecule has 0 saturated heterocycles. The third-order valence-electron chi connectivity index (χ3n) is 4.10. The van der Waals surface area contributed by atoms with Crippen LogP contribution in [0.4, 0.5) is 0 Å². The molecule has 0 saturated carbocycles. The van der Waals surface area contributed by atoms with Crippen molar-refractivity contribution < 1.29 is 9.59 Å². The van der Waals surface area contributed by atoms with Crippen molar-refractivity contribution in [3.05, 3.63) is 48.0 Å². The number of hydrogen-bond donors (Lipinski definition) is 2. The average molecular weight is 340 g/mol. The van der Waals surface area contributed by atoms with E-state index in [2.05, 4.69) is 41.0 Å². The summed E-state index contributed by atoms with van der Waals surface area (Å²) in [6.07, 6.45) is 1.91. The second-order valence-electron chi connectivity index (χ2n) is 7.39. The Morgan fingerprint density at radius 2 is 1.64 bits per heavy atom. The molecule has 0 spiro atoms. The summed E-state index contributed by atoms with van der Waals surface area (Å²) in [5, 5.41) is 8.26. The molecule has 2 aromatic carbocycles. The van der Waals surface area contributed by atoms with Gasteiger partial charge in [0.15, 0.2) is 0 Å². The molecule has 0 aliphatic rings. The maximum absolute atomic E-state index is 11.9. The lowest BCUT2D eigenvalue weighted by molar-refractivity contribution is -0.128. The largest absolute Gasteiger partial charge is 0.356 e. The zero-order valence-corrected chi connectivity index (χ0v) is 15.4. The molecule has 2 rings (SSSR count). The van der Waals surface area contributed by atoms with Crippen molar-refractivity contribution in [2.45, 2.75) is 40.0 Å². The summed E-state index contributed by atoms with van der Waals surface area (Å²) in [5.74, 6) is 0.0509. The molecule has 134 valence electrons. The summed E-state index contributed by atoms with van der Waals surface area (Å²) >= 11 is 0. The van der Waals surface area contributed by atoms with Crippen molar-refractivity contribution in [2.24, 2.45) is 5.41 Å². The maximum atomic E-state index is 11.9. The minimum absolute atomic E-state index is 0.0178. The Labute approximate surface area is 150 Å². The predicted octanol–water partition coefficient (Wildman–Crippen LogP) is 3.44. The maximum Gasteiger partial charge on any atom is 0.225 e. The van der Waals surface area contributed by atoms with E-state index in [4.69, 9.17) is 0 Å². The smallest absolute Gasteiger partial charge is 0.225 e. The van der Waals surface area contributed by atoms with Gasteiger partial charge in [-0.25, -0.2) is 0 Å². The van der Waals surface area contributed by atoms with Gasteiger partial charge in [0.05, 0.1) is 0 Å². The van der Waals surface area contributed by atoms with E-state index in [1.807, 2.05) is 32.9 Å². The van der Waals surface area contributed by atoms with Crippen molar-refractivity contribution in [1.82, 2.24) is 10.6 Å². The molecule has 0 unspecified atom stereocenters. The van der Waals surface area contributed by atoms with E-state index in [-0.39, 0.29) is 17.2 Å². The summed E-state index contributed by atoms with van der Waals surface area (Å²) in [5.41, 5.74) is 0.832. The third-order valence-corrected chi connectivity index (χ3v) is 4.10. The van der Waals surface area contributed by atoms with Crippen LogP contribution in [0.1, 0.15) is 39.2 Å². The number of amides is 2. The van der Waals surface area contributed by atoms with Crippen LogP contribution >= 0.6 is 0 Å². The van der Waals surface area contributed by atoms with Crippen LogP contribution in [-0.4, -0.2) is 24.9 Å². The van der Waals surface area contributed by atoms with Gasteiger partial charge in [0.2, 0.25) is 11.8 Å². The van der Waals surface area contributed by atoms with Gasteiger partial charge in [-0.05, 0) is 29.2 Å². The molecule has 0 aliphatic heterocycles. The molecule has 2 amide bonds. The van der Waals surface area contributed by atoms with Crippen molar-refractivity contribution in [3.8, 4) is 0 Å². The molecule has 2 aromatic rings. The van der Waals surface area contributed by atoms with E-state index in [1.54, 1.807) is 0 Å². The monoisotopic (exact) mass is 340 g/mol. The summed E-state index contributed by atoms with van der Waals surface area (Å²) in [6, 6.07) is 14.7. The molecule has 0 aromatic heterocycles. The SMILES string of the molecule is CC(C)(C)C(=O)NCCCC(=O)NCCc1ccc2ccccc2c1. The fourth-order valence-corrected chi connectivity index (χ4v) is 2.54. The summed E-state index contributed by atoms with van der Waals surface area (Å²) in [7, 11) is 0. The van der Waals surface area contributed by atoms with Gasteiger partial charge >= 0.3 is 0 Å². The fourth-order valence-electron chi connectivity index (χ4n) is 2.54. The third kappa shape index (κ3) is 6.22. The van der Waals surface area contributed by atoms with E-state index in [1.165, 1.54) is 16.3 Å². The topological polar surface area (TPSA) is 58.2 Å².